The first-order valence-corrected chi connectivity index (χ1v) is 5.69. The van der Waals surface area contributed by atoms with Gasteiger partial charge in [0.1, 0.15) is 3.72 Å². The van der Waals surface area contributed by atoms with Crippen molar-refractivity contribution in [2.75, 3.05) is 6.61 Å². The predicted octanol–water partition coefficient (Wildman–Crippen LogP) is 1.32. The van der Waals surface area contributed by atoms with Crippen molar-refractivity contribution in [1.29, 1.82) is 10.8 Å². The lowest BCUT2D eigenvalue weighted by molar-refractivity contribution is 0.0514. The average Bonchev–Trinajstić information content (AvgIpc) is 2.76. The maximum absolute atomic E-state index is 11.3. The number of ether oxygens (including phenoxy) is 1. The summed E-state index contributed by atoms with van der Waals surface area (Å²) in [6.07, 6.45) is -1.41. The van der Waals surface area contributed by atoms with Gasteiger partial charge < -0.3 is 14.4 Å². The number of esters is 1. The lowest BCUT2D eigenvalue weighted by atomic mass is 10.2. The van der Waals surface area contributed by atoms with E-state index in [1.807, 2.05) is 0 Å². The molecule has 1 aromatic heterocycles. The maximum atomic E-state index is 11.3. The molecule has 0 radical (unpaired) electrons. The van der Waals surface area contributed by atoms with E-state index in [1.165, 1.54) is 6.07 Å². The van der Waals surface area contributed by atoms with Gasteiger partial charge in [-0.05, 0) is 29.5 Å². The fourth-order valence-corrected chi connectivity index (χ4v) is 1.28. The summed E-state index contributed by atoms with van der Waals surface area (Å²) in [6, 6.07) is 1.19. The molecule has 3 N–H and O–H groups in total. The third-order valence-electron chi connectivity index (χ3n) is 1.79. The van der Waals surface area contributed by atoms with Crippen LogP contribution in [0.4, 0.5) is 0 Å². The first-order valence-electron chi connectivity index (χ1n) is 4.62. The number of carbonyl (C=O) groups is 1. The molecule has 0 aromatic carbocycles. The SMILES string of the molecule is CCOC(=O)c1cc(C(O)C(=N)C(=N)I)on1. The number of halogens is 1. The van der Waals surface area contributed by atoms with Gasteiger partial charge in [-0.3, -0.25) is 10.8 Å². The second-order valence-electron chi connectivity index (χ2n) is 2.97. The number of carbonyl (C=O) groups excluding carboxylic acids is 1. The van der Waals surface area contributed by atoms with Gasteiger partial charge in [0.05, 0.1) is 12.3 Å². The summed E-state index contributed by atoms with van der Waals surface area (Å²) in [6.45, 7) is 1.86. The zero-order chi connectivity index (χ0) is 13.0. The van der Waals surface area contributed by atoms with Crippen molar-refractivity contribution in [1.82, 2.24) is 5.16 Å². The molecule has 0 amide bonds. The summed E-state index contributed by atoms with van der Waals surface area (Å²) >= 11 is 1.59. The highest BCUT2D eigenvalue weighted by atomic mass is 127. The van der Waals surface area contributed by atoms with Crippen LogP contribution in [0.1, 0.15) is 29.3 Å². The Morgan fingerprint density at radius 2 is 2.35 bits per heavy atom. The second kappa shape index (κ2) is 5.87. The molecule has 0 spiro atoms. The van der Waals surface area contributed by atoms with E-state index >= 15 is 0 Å². The van der Waals surface area contributed by atoms with Crippen molar-refractivity contribution in [3.63, 3.8) is 0 Å². The summed E-state index contributed by atoms with van der Waals surface area (Å²) in [5.41, 5.74) is -0.397. The van der Waals surface area contributed by atoms with Crippen LogP contribution < -0.4 is 0 Å². The van der Waals surface area contributed by atoms with E-state index in [0.717, 1.165) is 0 Å². The summed E-state index contributed by atoms with van der Waals surface area (Å²) in [5.74, 6) is -0.731. The molecule has 7 nitrogen and oxygen atoms in total. The molecule has 17 heavy (non-hydrogen) atoms. The number of aliphatic hydroxyl groups is 1. The molecule has 1 atom stereocenters. The van der Waals surface area contributed by atoms with Gasteiger partial charge in [0.15, 0.2) is 17.6 Å². The van der Waals surface area contributed by atoms with Crippen LogP contribution in [0, 0.1) is 10.8 Å². The van der Waals surface area contributed by atoms with Crippen LogP contribution in [0.2, 0.25) is 0 Å². The summed E-state index contributed by atoms with van der Waals surface area (Å²) in [7, 11) is 0. The van der Waals surface area contributed by atoms with Crippen LogP contribution in [0.15, 0.2) is 10.6 Å². The van der Waals surface area contributed by atoms with Crippen molar-refractivity contribution in [2.24, 2.45) is 0 Å². The Balaban J connectivity index is 2.84. The Morgan fingerprint density at radius 1 is 1.71 bits per heavy atom. The lowest BCUT2D eigenvalue weighted by Crippen LogP contribution is -2.15. The molecule has 0 saturated carbocycles. The average molecular weight is 351 g/mol. The number of aliphatic hydroxyl groups excluding tert-OH is 1. The molecule has 8 heteroatoms. The zero-order valence-electron chi connectivity index (χ0n) is 8.86. The predicted molar refractivity (Wildman–Crippen MR) is 66.9 cm³/mol. The molecule has 0 aliphatic carbocycles. The molecule has 1 aromatic rings. The molecule has 1 rings (SSSR count). The maximum Gasteiger partial charge on any atom is 0.360 e. The zero-order valence-corrected chi connectivity index (χ0v) is 11.0. The standard InChI is InChI=1S/C9H10IN3O4/c1-2-16-9(15)4-3-5(17-13-4)7(14)6(11)8(10)12/h3,7,11-12,14H,2H2,1H3. The first-order chi connectivity index (χ1) is 7.97. The van der Waals surface area contributed by atoms with E-state index in [1.54, 1.807) is 29.5 Å². The molecule has 0 fully saturated rings. The van der Waals surface area contributed by atoms with Gasteiger partial charge in [0.25, 0.3) is 0 Å². The quantitative estimate of drug-likeness (QED) is 0.420. The Morgan fingerprint density at radius 3 is 2.88 bits per heavy atom. The van der Waals surface area contributed by atoms with E-state index in [-0.39, 0.29) is 27.5 Å². The molecule has 1 unspecified atom stereocenters. The minimum atomic E-state index is -1.41. The largest absolute Gasteiger partial charge is 0.461 e. The second-order valence-corrected chi connectivity index (χ2v) is 4.04. The topological polar surface area (TPSA) is 120 Å². The van der Waals surface area contributed by atoms with E-state index in [2.05, 4.69) is 9.89 Å². The first kappa shape index (κ1) is 13.8. The normalized spacial score (nSPS) is 11.9. The number of nitrogens with zero attached hydrogens (tertiary/aromatic N) is 1. The number of hydrogen-bond acceptors (Lipinski definition) is 7. The molecular weight excluding hydrogens is 341 g/mol. The van der Waals surface area contributed by atoms with E-state index < -0.39 is 12.1 Å². The van der Waals surface area contributed by atoms with Crippen molar-refractivity contribution in [3.8, 4) is 0 Å². The van der Waals surface area contributed by atoms with Crippen LogP contribution in [0.25, 0.3) is 0 Å². The van der Waals surface area contributed by atoms with E-state index in [9.17, 15) is 9.90 Å². The number of nitrogens with one attached hydrogen (secondary N) is 2. The van der Waals surface area contributed by atoms with Crippen LogP contribution >= 0.6 is 22.6 Å². The van der Waals surface area contributed by atoms with Crippen LogP contribution in [0.3, 0.4) is 0 Å². The summed E-state index contributed by atoms with van der Waals surface area (Å²) in [4.78, 5) is 11.3. The Labute approximate surface area is 110 Å². The third-order valence-corrected chi connectivity index (χ3v) is 2.37. The van der Waals surface area contributed by atoms with Crippen molar-refractivity contribution >= 4 is 38.0 Å². The highest BCUT2D eigenvalue weighted by Gasteiger charge is 2.23. The highest BCUT2D eigenvalue weighted by Crippen LogP contribution is 2.17. The van der Waals surface area contributed by atoms with E-state index in [4.69, 9.17) is 15.3 Å². The summed E-state index contributed by atoms with van der Waals surface area (Å²) < 4.78 is 9.29. The molecule has 0 aliphatic rings. The molecule has 0 aliphatic heterocycles. The molecule has 0 saturated heterocycles. The van der Waals surface area contributed by atoms with Crippen molar-refractivity contribution in [2.45, 2.75) is 13.0 Å². The van der Waals surface area contributed by atoms with Gasteiger partial charge in [-0.25, -0.2) is 4.79 Å². The smallest absolute Gasteiger partial charge is 0.360 e. The fraction of sp³-hybridized carbons (Fsp3) is 0.333. The third kappa shape index (κ3) is 3.33. The monoisotopic (exact) mass is 351 g/mol. The number of aromatic nitrogens is 1. The number of hydrogen-bond donors (Lipinski definition) is 3. The van der Waals surface area contributed by atoms with Gasteiger partial charge in [-0.15, -0.1) is 0 Å². The highest BCUT2D eigenvalue weighted by molar-refractivity contribution is 14.1. The Bertz CT molecular complexity index is 457. The van der Waals surface area contributed by atoms with Crippen molar-refractivity contribution < 1.29 is 19.2 Å². The van der Waals surface area contributed by atoms with Crippen LogP contribution in [-0.4, -0.2) is 32.3 Å². The van der Waals surface area contributed by atoms with E-state index in [0.29, 0.717) is 0 Å². The molecule has 92 valence electrons. The molecule has 0 bridgehead atoms. The Kier molecular flexibility index (Phi) is 4.75. The fourth-order valence-electron chi connectivity index (χ4n) is 0.982. The molecular formula is C9H10IN3O4. The van der Waals surface area contributed by atoms with Gasteiger partial charge >= 0.3 is 5.97 Å². The summed E-state index contributed by atoms with van der Waals surface area (Å²) in [5, 5.41) is 27.6. The lowest BCUT2D eigenvalue weighted by Gasteiger charge is -2.05. The minimum Gasteiger partial charge on any atom is -0.461 e. The van der Waals surface area contributed by atoms with Gasteiger partial charge in [-0.1, -0.05) is 5.16 Å². The van der Waals surface area contributed by atoms with Gasteiger partial charge in [0.2, 0.25) is 0 Å². The molecule has 1 heterocycles. The van der Waals surface area contributed by atoms with Gasteiger partial charge in [-0.2, -0.15) is 0 Å². The Hall–Kier alpha value is -1.29. The van der Waals surface area contributed by atoms with Crippen LogP contribution in [0.5, 0.6) is 0 Å². The van der Waals surface area contributed by atoms with Crippen molar-refractivity contribution in [3.05, 3.63) is 17.5 Å². The van der Waals surface area contributed by atoms with Crippen LogP contribution in [-0.2, 0) is 4.74 Å². The minimum absolute atomic E-state index is 0.0699. The number of rotatable bonds is 5. The van der Waals surface area contributed by atoms with Gasteiger partial charge in [0, 0.05) is 6.07 Å².